The van der Waals surface area contributed by atoms with Crippen LogP contribution >= 0.6 is 0 Å². The van der Waals surface area contributed by atoms with Crippen LogP contribution in [0.3, 0.4) is 0 Å². The molecular formula is C22H32F4OSi. The molecule has 1 nitrogen and oxygen atoms in total. The molecule has 3 rings (SSSR count). The molecule has 1 saturated heterocycles. The molecule has 0 radical (unpaired) electrons. The first-order valence-electron chi connectivity index (χ1n) is 10.9. The Balaban J connectivity index is 1.53. The summed E-state index contributed by atoms with van der Waals surface area (Å²) < 4.78 is 57.4. The van der Waals surface area contributed by atoms with E-state index in [9.17, 15) is 17.6 Å². The molecule has 1 aromatic carbocycles. The van der Waals surface area contributed by atoms with Gasteiger partial charge in [-0.05, 0) is 61.1 Å². The lowest BCUT2D eigenvalue weighted by Crippen LogP contribution is -2.28. The van der Waals surface area contributed by atoms with Crippen LogP contribution in [-0.2, 0) is 0 Å². The monoisotopic (exact) mass is 416 g/mol. The van der Waals surface area contributed by atoms with Gasteiger partial charge < -0.3 is 4.74 Å². The van der Waals surface area contributed by atoms with Gasteiger partial charge in [-0.1, -0.05) is 44.3 Å². The van der Waals surface area contributed by atoms with Gasteiger partial charge in [0.05, 0.1) is 0 Å². The first-order valence-corrected chi connectivity index (χ1v) is 13.3. The quantitative estimate of drug-likeness (QED) is 0.346. The highest BCUT2D eigenvalue weighted by atomic mass is 28.3. The molecular weight excluding hydrogens is 384 g/mol. The van der Waals surface area contributed by atoms with E-state index in [0.29, 0.717) is 5.56 Å². The number of hydrogen-bond acceptors (Lipinski definition) is 1. The molecule has 1 aromatic rings. The number of rotatable bonds is 7. The summed E-state index contributed by atoms with van der Waals surface area (Å²) in [4.78, 5) is 0. The van der Waals surface area contributed by atoms with Crippen molar-refractivity contribution in [2.45, 2.75) is 82.3 Å². The molecule has 1 heterocycles. The summed E-state index contributed by atoms with van der Waals surface area (Å²) in [5.41, 5.74) is 0.636. The summed E-state index contributed by atoms with van der Waals surface area (Å²) in [7, 11) is -0.452. The molecule has 0 unspecified atom stereocenters. The predicted octanol–water partition coefficient (Wildman–Crippen LogP) is 6.93. The molecule has 2 fully saturated rings. The summed E-state index contributed by atoms with van der Waals surface area (Å²) in [6.45, 7) is 1.30. The number of hydrogen-bond donors (Lipinski definition) is 0. The third-order valence-electron chi connectivity index (χ3n) is 6.87. The van der Waals surface area contributed by atoms with Crippen LogP contribution in [0.4, 0.5) is 17.6 Å². The predicted molar refractivity (Wildman–Crippen MR) is 107 cm³/mol. The minimum Gasteiger partial charge on any atom is -0.482 e. The second-order valence-corrected chi connectivity index (χ2v) is 12.2. The lowest BCUT2D eigenvalue weighted by Gasteiger charge is -2.37. The van der Waals surface area contributed by atoms with Crippen LogP contribution in [0.25, 0.3) is 0 Å². The van der Waals surface area contributed by atoms with Gasteiger partial charge in [0.15, 0.2) is 17.4 Å². The smallest absolute Gasteiger partial charge is 0.272 e. The Morgan fingerprint density at radius 1 is 0.964 bits per heavy atom. The highest BCUT2D eigenvalue weighted by Crippen LogP contribution is 2.44. The van der Waals surface area contributed by atoms with E-state index in [1.165, 1.54) is 49.5 Å². The molecule has 0 N–H and O–H groups in total. The van der Waals surface area contributed by atoms with E-state index in [4.69, 9.17) is 0 Å². The second-order valence-electron chi connectivity index (χ2n) is 8.70. The summed E-state index contributed by atoms with van der Waals surface area (Å²) in [6, 6.07) is 7.03. The molecule has 6 heteroatoms. The molecule has 158 valence electrons. The van der Waals surface area contributed by atoms with E-state index in [2.05, 4.69) is 11.7 Å². The Kier molecular flexibility index (Phi) is 7.83. The minimum absolute atomic E-state index is 0.148. The van der Waals surface area contributed by atoms with E-state index in [1.807, 2.05) is 0 Å². The lowest BCUT2D eigenvalue weighted by molar-refractivity contribution is 0.0777. The van der Waals surface area contributed by atoms with Gasteiger partial charge in [0.25, 0.3) is 6.43 Å². The van der Waals surface area contributed by atoms with Gasteiger partial charge in [-0.15, -0.1) is 0 Å². The van der Waals surface area contributed by atoms with E-state index in [0.717, 1.165) is 37.5 Å². The average Bonchev–Trinajstić information content (AvgIpc) is 2.68. The van der Waals surface area contributed by atoms with Gasteiger partial charge in [0.1, 0.15) is 6.61 Å². The molecule has 1 aliphatic carbocycles. The van der Waals surface area contributed by atoms with Crippen molar-refractivity contribution in [3.05, 3.63) is 29.3 Å². The summed E-state index contributed by atoms with van der Waals surface area (Å²) in [5.74, 6) is -0.689. The largest absolute Gasteiger partial charge is 0.482 e. The third kappa shape index (κ3) is 5.52. The van der Waals surface area contributed by atoms with Crippen LogP contribution in [0.2, 0.25) is 18.1 Å². The Labute approximate surface area is 167 Å². The van der Waals surface area contributed by atoms with Crippen molar-refractivity contribution < 1.29 is 22.3 Å². The highest BCUT2D eigenvalue weighted by molar-refractivity contribution is 6.58. The molecule has 0 aromatic heterocycles. The van der Waals surface area contributed by atoms with Crippen molar-refractivity contribution in [2.75, 3.05) is 6.61 Å². The maximum absolute atomic E-state index is 14.2. The molecule has 1 saturated carbocycles. The number of benzene rings is 1. The Morgan fingerprint density at radius 3 is 2.07 bits per heavy atom. The standard InChI is InChI=1S/C22H32F4OSi/c1-2-9-28-10-7-17(8-11-28)15-3-5-16(6-4-15)18-12-19(23)22(20(24)13-18)27-14-21(25)26/h12-13,15-17,21,28H,2-11,14H2,1H3/t15-,16-,17?,28?. The van der Waals surface area contributed by atoms with Gasteiger partial charge in [0, 0.05) is 8.80 Å². The van der Waals surface area contributed by atoms with Crippen molar-refractivity contribution in [1.29, 1.82) is 0 Å². The SMILES string of the molecule is CCC[SiH]1CCC([C@H]2CC[C@H](c3cc(F)c(OCC(F)F)c(F)c3)CC2)CC1. The average molecular weight is 417 g/mol. The molecule has 2 aliphatic rings. The first kappa shape index (κ1) is 21.7. The molecule has 28 heavy (non-hydrogen) atoms. The van der Waals surface area contributed by atoms with Gasteiger partial charge in [-0.2, -0.15) is 0 Å². The minimum atomic E-state index is -2.76. The number of ether oxygens (including phenoxy) is 1. The van der Waals surface area contributed by atoms with Gasteiger partial charge in [-0.3, -0.25) is 0 Å². The topological polar surface area (TPSA) is 9.23 Å². The molecule has 0 bridgehead atoms. The van der Waals surface area contributed by atoms with E-state index in [1.54, 1.807) is 0 Å². The van der Waals surface area contributed by atoms with E-state index >= 15 is 0 Å². The van der Waals surface area contributed by atoms with E-state index < -0.39 is 39.2 Å². The maximum atomic E-state index is 14.2. The van der Waals surface area contributed by atoms with Crippen LogP contribution in [0, 0.1) is 23.5 Å². The van der Waals surface area contributed by atoms with Gasteiger partial charge >= 0.3 is 0 Å². The Hall–Kier alpha value is -1.04. The fraction of sp³-hybridized carbons (Fsp3) is 0.727. The zero-order valence-electron chi connectivity index (χ0n) is 16.7. The van der Waals surface area contributed by atoms with Crippen LogP contribution in [-0.4, -0.2) is 21.8 Å². The van der Waals surface area contributed by atoms with Gasteiger partial charge in [-0.25, -0.2) is 17.6 Å². The maximum Gasteiger partial charge on any atom is 0.272 e. The van der Waals surface area contributed by atoms with Crippen LogP contribution in [0.5, 0.6) is 5.75 Å². The van der Waals surface area contributed by atoms with Crippen molar-refractivity contribution >= 4 is 8.80 Å². The number of halogens is 4. The lowest BCUT2D eigenvalue weighted by atomic mass is 9.72. The van der Waals surface area contributed by atoms with Crippen molar-refractivity contribution in [1.82, 2.24) is 0 Å². The zero-order chi connectivity index (χ0) is 20.1. The van der Waals surface area contributed by atoms with Crippen LogP contribution in [0.15, 0.2) is 12.1 Å². The third-order valence-corrected chi connectivity index (χ3v) is 10.6. The van der Waals surface area contributed by atoms with E-state index in [-0.39, 0.29) is 5.92 Å². The fourth-order valence-corrected chi connectivity index (χ4v) is 8.86. The second kappa shape index (κ2) is 10.1. The summed E-state index contributed by atoms with van der Waals surface area (Å²) in [6.07, 6.45) is 5.53. The Morgan fingerprint density at radius 2 is 1.54 bits per heavy atom. The fourth-order valence-electron chi connectivity index (χ4n) is 5.38. The van der Waals surface area contributed by atoms with Gasteiger partial charge in [0.2, 0.25) is 0 Å². The summed E-state index contributed by atoms with van der Waals surface area (Å²) in [5, 5.41) is 0. The summed E-state index contributed by atoms with van der Waals surface area (Å²) >= 11 is 0. The molecule has 0 spiro atoms. The van der Waals surface area contributed by atoms with Crippen LogP contribution in [0.1, 0.15) is 63.4 Å². The molecule has 1 aliphatic heterocycles. The van der Waals surface area contributed by atoms with Crippen molar-refractivity contribution in [3.8, 4) is 5.75 Å². The van der Waals surface area contributed by atoms with Crippen LogP contribution < -0.4 is 4.74 Å². The Bertz CT molecular complexity index is 600. The normalized spacial score (nSPS) is 28.5. The van der Waals surface area contributed by atoms with Crippen molar-refractivity contribution in [3.63, 3.8) is 0 Å². The molecule has 0 atom stereocenters. The van der Waals surface area contributed by atoms with Crippen molar-refractivity contribution in [2.24, 2.45) is 11.8 Å². The number of alkyl halides is 2. The highest BCUT2D eigenvalue weighted by Gasteiger charge is 2.32. The first-order chi connectivity index (χ1) is 13.5. The molecule has 0 amide bonds. The zero-order valence-corrected chi connectivity index (χ0v) is 17.9.